The number of nitrogens with zero attached hydrogens (tertiary/aromatic N) is 1. The number of carbonyl (C=O) groups excluding carboxylic acids is 2. The van der Waals surface area contributed by atoms with Crippen molar-refractivity contribution in [3.63, 3.8) is 0 Å². The molecule has 5 nitrogen and oxygen atoms in total. The smallest absolute Gasteiger partial charge is 0.255 e. The molecule has 0 bridgehead atoms. The Balaban J connectivity index is 1.40. The number of hydrogen-bond donors (Lipinski definition) is 1. The lowest BCUT2D eigenvalue weighted by Gasteiger charge is -2.19. The van der Waals surface area contributed by atoms with E-state index in [1.54, 1.807) is 11.0 Å². The molecule has 2 heterocycles. The Morgan fingerprint density at radius 1 is 1.21 bits per heavy atom. The standard InChI is InChI=1S/C22H23ClN2O3/c23-17-8-6-15(7-9-17)10-11-24-21(26)19-5-1-3-16-13-25(22(27)20(16)19)14-18-4-2-12-28-18/h1,3,5-9,18H,2,4,10-14H2,(H,24,26)/t18-/m1/s1. The van der Waals surface area contributed by atoms with Crippen LogP contribution in [0.4, 0.5) is 0 Å². The largest absolute Gasteiger partial charge is 0.376 e. The zero-order chi connectivity index (χ0) is 19.5. The fraction of sp³-hybridized carbons (Fsp3) is 0.364. The highest BCUT2D eigenvalue weighted by Gasteiger charge is 2.33. The minimum absolute atomic E-state index is 0.0750. The second-order valence-corrected chi connectivity index (χ2v) is 7.73. The average Bonchev–Trinajstić information content (AvgIpc) is 3.32. The molecule has 28 heavy (non-hydrogen) atoms. The topological polar surface area (TPSA) is 58.6 Å². The number of carbonyl (C=O) groups is 2. The summed E-state index contributed by atoms with van der Waals surface area (Å²) in [5.74, 6) is -0.285. The number of rotatable bonds is 6. The van der Waals surface area contributed by atoms with E-state index in [1.165, 1.54) is 0 Å². The van der Waals surface area contributed by atoms with Gasteiger partial charge >= 0.3 is 0 Å². The number of halogens is 1. The second-order valence-electron chi connectivity index (χ2n) is 7.29. The maximum Gasteiger partial charge on any atom is 0.255 e. The van der Waals surface area contributed by atoms with Crippen molar-refractivity contribution in [3.05, 3.63) is 69.7 Å². The molecule has 2 aliphatic rings. The zero-order valence-electron chi connectivity index (χ0n) is 15.6. The molecule has 146 valence electrons. The summed E-state index contributed by atoms with van der Waals surface area (Å²) >= 11 is 5.90. The first-order valence-corrected chi connectivity index (χ1v) is 10.0. The molecule has 1 saturated heterocycles. The van der Waals surface area contributed by atoms with Crippen molar-refractivity contribution >= 4 is 23.4 Å². The lowest BCUT2D eigenvalue weighted by Crippen LogP contribution is -2.33. The van der Waals surface area contributed by atoms with Crippen LogP contribution in [0.5, 0.6) is 0 Å². The van der Waals surface area contributed by atoms with Gasteiger partial charge in [-0.1, -0.05) is 35.9 Å². The molecule has 2 amide bonds. The van der Waals surface area contributed by atoms with E-state index in [2.05, 4.69) is 5.32 Å². The van der Waals surface area contributed by atoms with Crippen molar-refractivity contribution in [1.29, 1.82) is 0 Å². The maximum atomic E-state index is 12.9. The van der Waals surface area contributed by atoms with E-state index in [1.807, 2.05) is 36.4 Å². The van der Waals surface area contributed by atoms with Gasteiger partial charge in [-0.25, -0.2) is 0 Å². The van der Waals surface area contributed by atoms with E-state index in [-0.39, 0.29) is 17.9 Å². The molecule has 0 unspecified atom stereocenters. The lowest BCUT2D eigenvalue weighted by molar-refractivity contribution is 0.0544. The molecule has 2 aliphatic heterocycles. The van der Waals surface area contributed by atoms with E-state index in [0.29, 0.717) is 42.2 Å². The third-order valence-corrected chi connectivity index (χ3v) is 5.57. The molecule has 2 aromatic rings. The Hall–Kier alpha value is -2.37. The van der Waals surface area contributed by atoms with Crippen LogP contribution in [0.25, 0.3) is 0 Å². The van der Waals surface area contributed by atoms with Crippen LogP contribution in [0, 0.1) is 0 Å². The summed E-state index contributed by atoms with van der Waals surface area (Å²) in [7, 11) is 0. The van der Waals surface area contributed by atoms with Crippen molar-refractivity contribution in [2.75, 3.05) is 19.7 Å². The fourth-order valence-corrected chi connectivity index (χ4v) is 3.98. The summed E-state index contributed by atoms with van der Waals surface area (Å²) in [6.07, 6.45) is 2.84. The molecule has 1 fully saturated rings. The Morgan fingerprint density at radius 2 is 2.04 bits per heavy atom. The zero-order valence-corrected chi connectivity index (χ0v) is 16.4. The highest BCUT2D eigenvalue weighted by molar-refractivity contribution is 6.30. The summed E-state index contributed by atoms with van der Waals surface area (Å²) < 4.78 is 5.66. The van der Waals surface area contributed by atoms with Crippen LogP contribution < -0.4 is 5.32 Å². The number of amides is 2. The van der Waals surface area contributed by atoms with Crippen molar-refractivity contribution in [2.24, 2.45) is 0 Å². The Labute approximate surface area is 169 Å². The van der Waals surface area contributed by atoms with Gasteiger partial charge in [0.2, 0.25) is 0 Å². The molecule has 2 aromatic carbocycles. The molecule has 4 rings (SSSR count). The van der Waals surface area contributed by atoms with Crippen LogP contribution in [-0.4, -0.2) is 42.5 Å². The summed E-state index contributed by atoms with van der Waals surface area (Å²) in [5.41, 5.74) is 2.99. The summed E-state index contributed by atoms with van der Waals surface area (Å²) in [6.45, 7) is 2.39. The van der Waals surface area contributed by atoms with Gasteiger partial charge in [0, 0.05) is 31.3 Å². The van der Waals surface area contributed by atoms with Gasteiger partial charge in [-0.15, -0.1) is 0 Å². The molecule has 6 heteroatoms. The highest BCUT2D eigenvalue weighted by atomic mass is 35.5. The first-order valence-electron chi connectivity index (χ1n) is 9.67. The SMILES string of the molecule is O=C(NCCc1ccc(Cl)cc1)c1cccc2c1C(=O)N(C[C@H]1CCCO1)C2. The quantitative estimate of drug-likeness (QED) is 0.810. The highest BCUT2D eigenvalue weighted by Crippen LogP contribution is 2.27. The van der Waals surface area contributed by atoms with Gasteiger partial charge in [0.1, 0.15) is 0 Å². The molecular weight excluding hydrogens is 376 g/mol. The summed E-state index contributed by atoms with van der Waals surface area (Å²) in [4.78, 5) is 27.4. The third kappa shape index (κ3) is 4.05. The van der Waals surface area contributed by atoms with Gasteiger partial charge in [-0.05, 0) is 48.6 Å². The van der Waals surface area contributed by atoms with Crippen LogP contribution in [-0.2, 0) is 17.7 Å². The summed E-state index contributed by atoms with van der Waals surface area (Å²) in [6, 6.07) is 13.1. The number of nitrogens with one attached hydrogen (secondary N) is 1. The van der Waals surface area contributed by atoms with Crippen molar-refractivity contribution in [1.82, 2.24) is 10.2 Å². The molecule has 0 spiro atoms. The first-order chi connectivity index (χ1) is 13.6. The van der Waals surface area contributed by atoms with Crippen molar-refractivity contribution < 1.29 is 14.3 Å². The Bertz CT molecular complexity index is 876. The van der Waals surface area contributed by atoms with Crippen LogP contribution in [0.1, 0.15) is 44.7 Å². The van der Waals surface area contributed by atoms with Crippen molar-refractivity contribution in [2.45, 2.75) is 31.9 Å². The predicted molar refractivity (Wildman–Crippen MR) is 108 cm³/mol. The van der Waals surface area contributed by atoms with Gasteiger partial charge in [-0.3, -0.25) is 9.59 Å². The van der Waals surface area contributed by atoms with E-state index in [4.69, 9.17) is 16.3 Å². The minimum atomic E-state index is -0.210. The molecule has 0 aromatic heterocycles. The van der Waals surface area contributed by atoms with E-state index < -0.39 is 0 Å². The monoisotopic (exact) mass is 398 g/mol. The number of hydrogen-bond acceptors (Lipinski definition) is 3. The fourth-order valence-electron chi connectivity index (χ4n) is 3.86. The Morgan fingerprint density at radius 3 is 2.79 bits per heavy atom. The van der Waals surface area contributed by atoms with E-state index >= 15 is 0 Å². The van der Waals surface area contributed by atoms with Gasteiger partial charge in [0.15, 0.2) is 0 Å². The van der Waals surface area contributed by atoms with Gasteiger partial charge in [0.05, 0.1) is 17.2 Å². The summed E-state index contributed by atoms with van der Waals surface area (Å²) in [5, 5.41) is 3.63. The van der Waals surface area contributed by atoms with E-state index in [0.717, 1.165) is 30.6 Å². The average molecular weight is 399 g/mol. The molecule has 1 N–H and O–H groups in total. The van der Waals surface area contributed by atoms with Gasteiger partial charge in [0.25, 0.3) is 11.8 Å². The van der Waals surface area contributed by atoms with Crippen LogP contribution in [0.15, 0.2) is 42.5 Å². The number of benzene rings is 2. The van der Waals surface area contributed by atoms with E-state index in [9.17, 15) is 9.59 Å². The number of fused-ring (bicyclic) bond motifs is 1. The van der Waals surface area contributed by atoms with Crippen LogP contribution in [0.3, 0.4) is 0 Å². The minimum Gasteiger partial charge on any atom is -0.376 e. The normalized spacial score (nSPS) is 18.4. The molecule has 0 radical (unpaired) electrons. The molecular formula is C22H23ClN2O3. The van der Waals surface area contributed by atoms with Crippen LogP contribution in [0.2, 0.25) is 5.02 Å². The third-order valence-electron chi connectivity index (χ3n) is 5.32. The molecule has 1 atom stereocenters. The second kappa shape index (κ2) is 8.33. The molecule has 0 aliphatic carbocycles. The molecule has 0 saturated carbocycles. The van der Waals surface area contributed by atoms with Crippen molar-refractivity contribution in [3.8, 4) is 0 Å². The first kappa shape index (κ1) is 19.0. The predicted octanol–water partition coefficient (Wildman–Crippen LogP) is 3.45. The lowest BCUT2D eigenvalue weighted by atomic mass is 10.0. The Kier molecular flexibility index (Phi) is 5.64. The van der Waals surface area contributed by atoms with Gasteiger partial charge < -0.3 is 15.0 Å². The maximum absolute atomic E-state index is 12.9. The number of ether oxygens (including phenoxy) is 1. The van der Waals surface area contributed by atoms with Crippen LogP contribution >= 0.6 is 11.6 Å². The van der Waals surface area contributed by atoms with Gasteiger partial charge in [-0.2, -0.15) is 0 Å².